The lowest BCUT2D eigenvalue weighted by molar-refractivity contribution is 0.337. The van der Waals surface area contributed by atoms with Gasteiger partial charge in [-0.3, -0.25) is 5.41 Å². The zero-order chi connectivity index (χ0) is 13.7. The van der Waals surface area contributed by atoms with Crippen LogP contribution in [0.3, 0.4) is 0 Å². The van der Waals surface area contributed by atoms with E-state index in [0.29, 0.717) is 11.6 Å². The van der Waals surface area contributed by atoms with Crippen molar-refractivity contribution in [2.24, 2.45) is 16.5 Å². The second kappa shape index (κ2) is 6.26. The quantitative estimate of drug-likeness (QED) is 0.576. The number of nitrogens with zero attached hydrogens (tertiary/aromatic N) is 2. The Labute approximate surface area is 112 Å². The number of hydrogen-bond acceptors (Lipinski definition) is 1. The predicted molar refractivity (Wildman–Crippen MR) is 75.7 cm³/mol. The molecule has 1 rings (SSSR count). The van der Waals surface area contributed by atoms with Gasteiger partial charge in [0.25, 0.3) is 0 Å². The molecule has 0 aliphatic carbocycles. The number of halogens is 1. The summed E-state index contributed by atoms with van der Waals surface area (Å²) in [6.07, 6.45) is 0. The van der Waals surface area contributed by atoms with E-state index in [9.17, 15) is 0 Å². The third-order valence-electron chi connectivity index (χ3n) is 2.40. The molecule has 0 heterocycles. The molecule has 1 aromatic carbocycles. The van der Waals surface area contributed by atoms with E-state index in [1.807, 2.05) is 38.1 Å². The van der Waals surface area contributed by atoms with Gasteiger partial charge in [-0.1, -0.05) is 23.7 Å². The minimum atomic E-state index is -0.109. The minimum absolute atomic E-state index is 0.0555. The minimum Gasteiger partial charge on any atom is -0.370 e. The summed E-state index contributed by atoms with van der Waals surface area (Å²) in [4.78, 5) is 5.56. The molecule has 0 bridgehead atoms. The first-order valence-electron chi connectivity index (χ1n) is 5.59. The van der Waals surface area contributed by atoms with Gasteiger partial charge in [-0.05, 0) is 31.5 Å². The molecule has 0 aliphatic rings. The number of nitrogens with one attached hydrogen (secondary N) is 1. The molecule has 6 heteroatoms. The number of rotatable bonds is 3. The molecule has 5 N–H and O–H groups in total. The van der Waals surface area contributed by atoms with Crippen LogP contribution in [0.1, 0.15) is 19.4 Å². The molecule has 0 saturated heterocycles. The maximum atomic E-state index is 7.85. The van der Waals surface area contributed by atoms with E-state index in [4.69, 9.17) is 28.5 Å². The predicted octanol–water partition coefficient (Wildman–Crippen LogP) is 1.76. The van der Waals surface area contributed by atoms with Crippen molar-refractivity contribution in [3.8, 4) is 0 Å². The Bertz CT molecular complexity index is 434. The zero-order valence-electron chi connectivity index (χ0n) is 10.5. The maximum absolute atomic E-state index is 7.85. The van der Waals surface area contributed by atoms with Gasteiger partial charge in [0.15, 0.2) is 5.96 Å². The molecule has 18 heavy (non-hydrogen) atoms. The lowest BCUT2D eigenvalue weighted by Gasteiger charge is -2.26. The maximum Gasteiger partial charge on any atom is 0.221 e. The largest absolute Gasteiger partial charge is 0.370 e. The van der Waals surface area contributed by atoms with Gasteiger partial charge in [-0.15, -0.1) is 0 Å². The Kier molecular flexibility index (Phi) is 4.97. The lowest BCUT2D eigenvalue weighted by atomic mass is 10.2. The van der Waals surface area contributed by atoms with Crippen molar-refractivity contribution >= 4 is 23.5 Å². The van der Waals surface area contributed by atoms with Crippen LogP contribution in [-0.2, 0) is 6.54 Å². The van der Waals surface area contributed by atoms with Crippen LogP contribution in [0.2, 0.25) is 5.02 Å². The van der Waals surface area contributed by atoms with Crippen LogP contribution >= 0.6 is 11.6 Å². The molecule has 0 aromatic heterocycles. The zero-order valence-corrected chi connectivity index (χ0v) is 11.3. The third-order valence-corrected chi connectivity index (χ3v) is 2.65. The highest BCUT2D eigenvalue weighted by Crippen LogP contribution is 2.13. The molecule has 0 spiro atoms. The molecular weight excluding hydrogens is 250 g/mol. The van der Waals surface area contributed by atoms with Crippen molar-refractivity contribution in [3.63, 3.8) is 0 Å². The number of nitrogens with two attached hydrogens (primary N) is 2. The first-order valence-corrected chi connectivity index (χ1v) is 5.97. The van der Waals surface area contributed by atoms with E-state index in [1.54, 1.807) is 4.90 Å². The SMILES string of the molecule is CC(C)N(Cc1ccc(Cl)cc1)C(=N)N=C(N)N. The third kappa shape index (κ3) is 4.25. The van der Waals surface area contributed by atoms with Gasteiger partial charge in [-0.2, -0.15) is 4.99 Å². The molecule has 0 saturated carbocycles. The Morgan fingerprint density at radius 2 is 1.89 bits per heavy atom. The standard InChI is InChI=1S/C12H18ClN5/c1-8(2)18(12(16)17-11(14)15)7-9-3-5-10(13)6-4-9/h3-6,8H,7H2,1-2H3,(H5,14,15,16,17). The summed E-state index contributed by atoms with van der Waals surface area (Å²) in [7, 11) is 0. The van der Waals surface area contributed by atoms with E-state index in [1.165, 1.54) is 0 Å². The van der Waals surface area contributed by atoms with Crippen molar-refractivity contribution in [2.75, 3.05) is 0 Å². The van der Waals surface area contributed by atoms with Gasteiger partial charge in [0.1, 0.15) is 0 Å². The van der Waals surface area contributed by atoms with Crippen LogP contribution in [0, 0.1) is 5.41 Å². The molecule has 5 nitrogen and oxygen atoms in total. The second-order valence-electron chi connectivity index (χ2n) is 4.21. The fourth-order valence-electron chi connectivity index (χ4n) is 1.48. The van der Waals surface area contributed by atoms with Crippen LogP contribution in [0.5, 0.6) is 0 Å². The summed E-state index contributed by atoms with van der Waals surface area (Å²) in [6.45, 7) is 4.52. The van der Waals surface area contributed by atoms with E-state index < -0.39 is 0 Å². The van der Waals surface area contributed by atoms with Crippen LogP contribution in [0.15, 0.2) is 29.3 Å². The van der Waals surface area contributed by atoms with E-state index in [2.05, 4.69) is 4.99 Å². The summed E-state index contributed by atoms with van der Waals surface area (Å²) >= 11 is 5.83. The van der Waals surface area contributed by atoms with Gasteiger partial charge in [0.05, 0.1) is 0 Å². The van der Waals surface area contributed by atoms with Crippen LogP contribution in [0.25, 0.3) is 0 Å². The Hall–Kier alpha value is -1.75. The molecule has 0 radical (unpaired) electrons. The number of benzene rings is 1. The summed E-state index contributed by atoms with van der Waals surface area (Å²) in [5, 5.41) is 8.54. The molecule has 0 atom stereocenters. The fraction of sp³-hybridized carbons (Fsp3) is 0.333. The van der Waals surface area contributed by atoms with Crippen molar-refractivity contribution in [2.45, 2.75) is 26.4 Å². The summed E-state index contributed by atoms with van der Waals surface area (Å²) < 4.78 is 0. The summed E-state index contributed by atoms with van der Waals surface area (Å²) in [5.41, 5.74) is 11.6. The van der Waals surface area contributed by atoms with E-state index in [-0.39, 0.29) is 18.0 Å². The highest BCUT2D eigenvalue weighted by atomic mass is 35.5. The number of aliphatic imine (C=N–C) groups is 1. The van der Waals surface area contributed by atoms with Crippen molar-refractivity contribution in [3.05, 3.63) is 34.9 Å². The second-order valence-corrected chi connectivity index (χ2v) is 4.64. The number of guanidine groups is 2. The molecule has 1 aromatic rings. The fourth-order valence-corrected chi connectivity index (χ4v) is 1.60. The summed E-state index contributed by atoms with van der Waals surface area (Å²) in [5.74, 6) is -0.0540. The van der Waals surface area contributed by atoms with Crippen molar-refractivity contribution < 1.29 is 0 Å². The smallest absolute Gasteiger partial charge is 0.221 e. The van der Waals surface area contributed by atoms with Gasteiger partial charge >= 0.3 is 0 Å². The summed E-state index contributed by atoms with van der Waals surface area (Å²) in [6, 6.07) is 7.59. The molecule has 0 fully saturated rings. The van der Waals surface area contributed by atoms with Crippen LogP contribution in [-0.4, -0.2) is 22.9 Å². The Morgan fingerprint density at radius 1 is 1.33 bits per heavy atom. The molecule has 98 valence electrons. The van der Waals surface area contributed by atoms with Crippen LogP contribution in [0.4, 0.5) is 0 Å². The van der Waals surface area contributed by atoms with Gasteiger partial charge in [0.2, 0.25) is 5.96 Å². The topological polar surface area (TPSA) is 91.5 Å². The normalized spacial score (nSPS) is 10.2. The molecular formula is C12H18ClN5. The van der Waals surface area contributed by atoms with E-state index in [0.717, 1.165) is 5.56 Å². The first kappa shape index (κ1) is 14.3. The highest BCUT2D eigenvalue weighted by Gasteiger charge is 2.13. The Morgan fingerprint density at radius 3 is 2.33 bits per heavy atom. The monoisotopic (exact) mass is 267 g/mol. The molecule has 0 aliphatic heterocycles. The highest BCUT2D eigenvalue weighted by molar-refractivity contribution is 6.30. The van der Waals surface area contributed by atoms with Gasteiger partial charge < -0.3 is 16.4 Å². The Balaban J connectivity index is 2.84. The lowest BCUT2D eigenvalue weighted by Crippen LogP contribution is -2.37. The van der Waals surface area contributed by atoms with Crippen molar-refractivity contribution in [1.29, 1.82) is 5.41 Å². The molecule has 0 unspecified atom stereocenters. The van der Waals surface area contributed by atoms with Crippen LogP contribution < -0.4 is 11.5 Å². The van der Waals surface area contributed by atoms with Gasteiger partial charge in [0, 0.05) is 17.6 Å². The number of hydrogen-bond donors (Lipinski definition) is 3. The van der Waals surface area contributed by atoms with Gasteiger partial charge in [-0.25, -0.2) is 0 Å². The van der Waals surface area contributed by atoms with E-state index >= 15 is 0 Å². The average molecular weight is 268 g/mol. The first-order chi connectivity index (χ1) is 8.40. The molecule has 0 amide bonds. The van der Waals surface area contributed by atoms with Crippen molar-refractivity contribution in [1.82, 2.24) is 4.90 Å². The average Bonchev–Trinajstić information content (AvgIpc) is 2.26.